The van der Waals surface area contributed by atoms with Gasteiger partial charge in [-0.2, -0.15) is 4.98 Å². The third-order valence-electron chi connectivity index (χ3n) is 4.22. The summed E-state index contributed by atoms with van der Waals surface area (Å²) in [6, 6.07) is 0.418. The van der Waals surface area contributed by atoms with E-state index in [0.29, 0.717) is 24.9 Å². The minimum Gasteiger partial charge on any atom is -0.339 e. The summed E-state index contributed by atoms with van der Waals surface area (Å²) in [4.78, 5) is 8.91. The van der Waals surface area contributed by atoms with E-state index < -0.39 is 10.0 Å². The number of nitrogens with two attached hydrogens (primary N) is 1. The summed E-state index contributed by atoms with van der Waals surface area (Å²) in [5.74, 6) is 1.45. The molecule has 132 valence electrons. The minimum atomic E-state index is -3.37. The maximum atomic E-state index is 11.0. The molecule has 1 aromatic rings. The highest BCUT2D eigenvalue weighted by Gasteiger charge is 2.24. The van der Waals surface area contributed by atoms with Crippen molar-refractivity contribution in [1.82, 2.24) is 19.9 Å². The Balaban J connectivity index is 1.80. The van der Waals surface area contributed by atoms with E-state index in [1.165, 1.54) is 0 Å². The molecule has 1 saturated heterocycles. The molecule has 1 fully saturated rings. The van der Waals surface area contributed by atoms with Crippen molar-refractivity contribution in [2.45, 2.75) is 45.2 Å². The number of sulfonamides is 1. The van der Waals surface area contributed by atoms with E-state index in [-0.39, 0.29) is 5.75 Å². The summed E-state index contributed by atoms with van der Waals surface area (Å²) in [7, 11) is -1.32. The molecule has 2 heterocycles. The van der Waals surface area contributed by atoms with Crippen molar-refractivity contribution in [3.8, 4) is 0 Å². The lowest BCUT2D eigenvalue weighted by Gasteiger charge is -2.37. The third-order valence-corrected chi connectivity index (χ3v) is 5.08. The molecular formula is C14H27N5O3S. The normalized spacial score (nSPS) is 20.3. The lowest BCUT2D eigenvalue weighted by atomic mass is 10.0. The van der Waals surface area contributed by atoms with Gasteiger partial charge >= 0.3 is 0 Å². The topological polar surface area (TPSA) is 106 Å². The van der Waals surface area contributed by atoms with E-state index in [0.717, 1.165) is 44.7 Å². The number of rotatable bonds is 8. The second-order valence-corrected chi connectivity index (χ2v) is 7.92. The Kier molecular flexibility index (Phi) is 6.51. The van der Waals surface area contributed by atoms with Gasteiger partial charge in [0.1, 0.15) is 0 Å². The third kappa shape index (κ3) is 6.17. The van der Waals surface area contributed by atoms with E-state index in [9.17, 15) is 8.42 Å². The first-order chi connectivity index (χ1) is 10.9. The number of aryl methyl sites for hydroxylation is 1. The lowest BCUT2D eigenvalue weighted by molar-refractivity contribution is 0.109. The number of piperidine rings is 1. The van der Waals surface area contributed by atoms with Crippen molar-refractivity contribution >= 4 is 10.0 Å². The average molecular weight is 345 g/mol. The van der Waals surface area contributed by atoms with Gasteiger partial charge in [0, 0.05) is 19.0 Å². The van der Waals surface area contributed by atoms with Gasteiger partial charge in [-0.05, 0) is 39.4 Å². The van der Waals surface area contributed by atoms with Crippen LogP contribution in [0.1, 0.15) is 37.9 Å². The molecule has 0 radical (unpaired) electrons. The van der Waals surface area contributed by atoms with Gasteiger partial charge in [-0.1, -0.05) is 12.1 Å². The molecule has 0 aliphatic carbocycles. The minimum absolute atomic E-state index is 0.0381. The van der Waals surface area contributed by atoms with E-state index in [1.54, 1.807) is 0 Å². The Morgan fingerprint density at radius 3 is 2.91 bits per heavy atom. The van der Waals surface area contributed by atoms with Crippen LogP contribution in [-0.4, -0.2) is 66.8 Å². The highest BCUT2D eigenvalue weighted by Crippen LogP contribution is 2.17. The molecule has 8 nitrogen and oxygen atoms in total. The zero-order valence-corrected chi connectivity index (χ0v) is 14.8. The molecule has 0 saturated carbocycles. The average Bonchev–Trinajstić information content (AvgIpc) is 2.94. The molecule has 1 aliphatic rings. The monoisotopic (exact) mass is 345 g/mol. The summed E-state index contributed by atoms with van der Waals surface area (Å²) in [5.41, 5.74) is 0. The van der Waals surface area contributed by atoms with Gasteiger partial charge in [-0.3, -0.25) is 4.90 Å². The van der Waals surface area contributed by atoms with Gasteiger partial charge in [-0.25, -0.2) is 13.6 Å². The van der Waals surface area contributed by atoms with Crippen LogP contribution in [-0.2, 0) is 23.0 Å². The lowest BCUT2D eigenvalue weighted by Crippen LogP contribution is -2.46. The molecule has 2 rings (SSSR count). The molecule has 9 heteroatoms. The summed E-state index contributed by atoms with van der Waals surface area (Å²) in [6.45, 7) is 5.38. The zero-order valence-electron chi connectivity index (χ0n) is 13.9. The van der Waals surface area contributed by atoms with Crippen LogP contribution < -0.4 is 5.14 Å². The second-order valence-electron chi connectivity index (χ2n) is 6.19. The number of likely N-dealkylation sites (tertiary alicyclic amines) is 1. The van der Waals surface area contributed by atoms with Gasteiger partial charge in [-0.15, -0.1) is 0 Å². The number of hydrogen-bond donors (Lipinski definition) is 1. The van der Waals surface area contributed by atoms with Gasteiger partial charge in [0.25, 0.3) is 0 Å². The van der Waals surface area contributed by atoms with Crippen LogP contribution in [0.5, 0.6) is 0 Å². The fraction of sp³-hybridized carbons (Fsp3) is 0.857. The van der Waals surface area contributed by atoms with Crippen molar-refractivity contribution in [3.63, 3.8) is 0 Å². The predicted octanol–water partition coefficient (Wildman–Crippen LogP) is 0.207. The Morgan fingerprint density at radius 1 is 1.48 bits per heavy atom. The Morgan fingerprint density at radius 2 is 2.26 bits per heavy atom. The molecule has 0 aromatic carbocycles. The Labute approximate surface area is 138 Å². The predicted molar refractivity (Wildman–Crippen MR) is 87.2 cm³/mol. The van der Waals surface area contributed by atoms with E-state index in [1.807, 2.05) is 14.0 Å². The van der Waals surface area contributed by atoms with Crippen LogP contribution in [0.25, 0.3) is 0 Å². The molecule has 23 heavy (non-hydrogen) atoms. The molecule has 2 N–H and O–H groups in total. The fourth-order valence-electron chi connectivity index (χ4n) is 2.93. The highest BCUT2D eigenvalue weighted by molar-refractivity contribution is 7.89. The maximum Gasteiger partial charge on any atom is 0.226 e. The number of aromatic nitrogens is 2. The highest BCUT2D eigenvalue weighted by atomic mass is 32.2. The molecule has 0 spiro atoms. The second kappa shape index (κ2) is 8.18. The van der Waals surface area contributed by atoms with Crippen LogP contribution in [0, 0.1) is 0 Å². The van der Waals surface area contributed by atoms with Crippen molar-refractivity contribution in [3.05, 3.63) is 11.7 Å². The molecule has 1 atom stereocenters. The standard InChI is InChI=1S/C14H27N5O3S/c1-3-14-16-13(17-22-14)11-19-8-4-6-12(10-19)18(2)7-5-9-23(15,20)21/h12H,3-11H2,1-2H3,(H2,15,20,21). The molecule has 1 aromatic heterocycles. The maximum absolute atomic E-state index is 11.0. The van der Waals surface area contributed by atoms with Crippen molar-refractivity contribution in [2.24, 2.45) is 5.14 Å². The molecule has 0 bridgehead atoms. The Bertz CT molecular complexity index is 589. The van der Waals surface area contributed by atoms with Crippen LogP contribution >= 0.6 is 0 Å². The smallest absolute Gasteiger partial charge is 0.226 e. The summed E-state index contributed by atoms with van der Waals surface area (Å²) < 4.78 is 27.1. The molecule has 0 amide bonds. The van der Waals surface area contributed by atoms with Gasteiger partial charge in [0.05, 0.1) is 12.3 Å². The summed E-state index contributed by atoms with van der Waals surface area (Å²) >= 11 is 0. The van der Waals surface area contributed by atoms with Gasteiger partial charge < -0.3 is 9.42 Å². The number of likely N-dealkylation sites (N-methyl/N-ethyl adjacent to an activating group) is 1. The zero-order chi connectivity index (χ0) is 16.9. The van der Waals surface area contributed by atoms with Crippen LogP contribution in [0.3, 0.4) is 0 Å². The number of nitrogens with zero attached hydrogens (tertiary/aromatic N) is 4. The van der Waals surface area contributed by atoms with E-state index in [2.05, 4.69) is 19.9 Å². The van der Waals surface area contributed by atoms with Crippen LogP contribution in [0.2, 0.25) is 0 Å². The van der Waals surface area contributed by atoms with Gasteiger partial charge in [0.15, 0.2) is 5.82 Å². The van der Waals surface area contributed by atoms with Crippen molar-refractivity contribution in [1.29, 1.82) is 0 Å². The molecular weight excluding hydrogens is 318 g/mol. The summed E-state index contributed by atoms with van der Waals surface area (Å²) in [6.07, 6.45) is 3.55. The van der Waals surface area contributed by atoms with Crippen molar-refractivity contribution < 1.29 is 12.9 Å². The van der Waals surface area contributed by atoms with E-state index >= 15 is 0 Å². The Hall–Kier alpha value is -1.03. The van der Waals surface area contributed by atoms with Crippen LogP contribution in [0.4, 0.5) is 0 Å². The fourth-order valence-corrected chi connectivity index (χ4v) is 3.46. The number of hydrogen-bond acceptors (Lipinski definition) is 7. The first-order valence-electron chi connectivity index (χ1n) is 8.12. The molecule has 1 aliphatic heterocycles. The number of primary sulfonamides is 1. The largest absolute Gasteiger partial charge is 0.339 e. The van der Waals surface area contributed by atoms with Crippen molar-refractivity contribution in [2.75, 3.05) is 32.4 Å². The molecule has 1 unspecified atom stereocenters. The summed E-state index contributed by atoms with van der Waals surface area (Å²) in [5, 5.41) is 9.05. The first kappa shape index (κ1) is 18.3. The SMILES string of the molecule is CCc1nc(CN2CCCC(N(C)CCCS(N)(=O)=O)C2)no1. The van der Waals surface area contributed by atoms with Gasteiger partial charge in [0.2, 0.25) is 15.9 Å². The quantitative estimate of drug-likeness (QED) is 0.718. The van der Waals surface area contributed by atoms with Crippen LogP contribution in [0.15, 0.2) is 4.52 Å². The first-order valence-corrected chi connectivity index (χ1v) is 9.83. The van der Waals surface area contributed by atoms with E-state index in [4.69, 9.17) is 9.66 Å².